The van der Waals surface area contributed by atoms with Gasteiger partial charge in [0.05, 0.1) is 16.6 Å². The second kappa shape index (κ2) is 4.59. The van der Waals surface area contributed by atoms with Gasteiger partial charge in [-0.15, -0.1) is 0 Å². The fourth-order valence-corrected chi connectivity index (χ4v) is 1.45. The Bertz CT molecular complexity index is 514. The number of hydrogen-bond acceptors (Lipinski definition) is 4. The van der Waals surface area contributed by atoms with Crippen LogP contribution in [0.1, 0.15) is 23.2 Å². The third-order valence-corrected chi connectivity index (χ3v) is 2.54. The van der Waals surface area contributed by atoms with E-state index >= 15 is 0 Å². The number of benzene rings is 1. The standard InChI is InChI=1S/C11H11FN2O4/c1-13-11(15)7-4-9(14(16)17)10(5-8(7)12)18-6-2-3-6/h4-6H,2-3H2,1H3,(H,13,15). The Kier molecular flexibility index (Phi) is 3.14. The number of hydrogen-bond donors (Lipinski definition) is 1. The van der Waals surface area contributed by atoms with Gasteiger partial charge in [0.25, 0.3) is 5.91 Å². The molecule has 1 N–H and O–H groups in total. The number of halogens is 1. The molecule has 7 heteroatoms. The molecule has 0 aliphatic heterocycles. The van der Waals surface area contributed by atoms with Crippen molar-refractivity contribution in [1.29, 1.82) is 0 Å². The molecule has 0 aromatic heterocycles. The summed E-state index contributed by atoms with van der Waals surface area (Å²) in [6.07, 6.45) is 1.51. The second-order valence-corrected chi connectivity index (χ2v) is 3.95. The minimum absolute atomic E-state index is 0.0889. The van der Waals surface area contributed by atoms with Gasteiger partial charge in [-0.05, 0) is 12.8 Å². The molecule has 2 rings (SSSR count). The van der Waals surface area contributed by atoms with Crippen LogP contribution in [-0.2, 0) is 0 Å². The number of carbonyl (C=O) groups is 1. The highest BCUT2D eigenvalue weighted by molar-refractivity contribution is 5.95. The van der Waals surface area contributed by atoms with Crippen LogP contribution in [0.2, 0.25) is 0 Å². The fourth-order valence-electron chi connectivity index (χ4n) is 1.45. The Hall–Kier alpha value is -2.18. The minimum atomic E-state index is -0.837. The van der Waals surface area contributed by atoms with Crippen molar-refractivity contribution in [3.8, 4) is 5.75 Å². The van der Waals surface area contributed by atoms with Crippen molar-refractivity contribution in [1.82, 2.24) is 5.32 Å². The molecule has 1 aliphatic carbocycles. The Balaban J connectivity index is 2.43. The summed E-state index contributed by atoms with van der Waals surface area (Å²) < 4.78 is 18.9. The number of nitrogens with one attached hydrogen (secondary N) is 1. The van der Waals surface area contributed by atoms with Crippen LogP contribution in [-0.4, -0.2) is 24.0 Å². The second-order valence-electron chi connectivity index (χ2n) is 3.95. The van der Waals surface area contributed by atoms with Crippen LogP contribution >= 0.6 is 0 Å². The molecule has 0 spiro atoms. The van der Waals surface area contributed by atoms with E-state index in [0.717, 1.165) is 25.0 Å². The third kappa shape index (κ3) is 2.39. The number of nitro benzene ring substituents is 1. The summed E-state index contributed by atoms with van der Waals surface area (Å²) in [6.45, 7) is 0. The van der Waals surface area contributed by atoms with Gasteiger partial charge >= 0.3 is 5.69 Å². The number of ether oxygens (including phenoxy) is 1. The first kappa shape index (κ1) is 12.3. The van der Waals surface area contributed by atoms with Crippen LogP contribution in [0, 0.1) is 15.9 Å². The highest BCUT2D eigenvalue weighted by Gasteiger charge is 2.29. The van der Waals surface area contributed by atoms with Gasteiger partial charge in [-0.3, -0.25) is 14.9 Å². The minimum Gasteiger partial charge on any atom is -0.483 e. The van der Waals surface area contributed by atoms with E-state index in [0.29, 0.717) is 0 Å². The van der Waals surface area contributed by atoms with Crippen molar-refractivity contribution in [3.05, 3.63) is 33.6 Å². The summed E-state index contributed by atoms with van der Waals surface area (Å²) >= 11 is 0. The Morgan fingerprint density at radius 3 is 2.72 bits per heavy atom. The molecule has 0 saturated heterocycles. The average molecular weight is 254 g/mol. The van der Waals surface area contributed by atoms with Gasteiger partial charge in [0.1, 0.15) is 5.82 Å². The van der Waals surface area contributed by atoms with Gasteiger partial charge in [-0.1, -0.05) is 0 Å². The lowest BCUT2D eigenvalue weighted by Crippen LogP contribution is -2.19. The van der Waals surface area contributed by atoms with Crippen molar-refractivity contribution in [2.75, 3.05) is 7.05 Å². The van der Waals surface area contributed by atoms with Crippen molar-refractivity contribution in [2.45, 2.75) is 18.9 Å². The molecule has 0 bridgehead atoms. The zero-order chi connectivity index (χ0) is 13.3. The maximum Gasteiger partial charge on any atom is 0.311 e. The monoisotopic (exact) mass is 254 g/mol. The Morgan fingerprint density at radius 2 is 2.22 bits per heavy atom. The van der Waals surface area contributed by atoms with E-state index in [2.05, 4.69) is 5.32 Å². The first-order valence-electron chi connectivity index (χ1n) is 5.39. The van der Waals surface area contributed by atoms with Gasteiger partial charge in [-0.2, -0.15) is 0 Å². The first-order chi connectivity index (χ1) is 8.52. The van der Waals surface area contributed by atoms with Crippen molar-refractivity contribution < 1.29 is 18.8 Å². The molecule has 0 atom stereocenters. The van der Waals surface area contributed by atoms with Gasteiger partial charge < -0.3 is 10.1 Å². The summed E-state index contributed by atoms with van der Waals surface area (Å²) in [5, 5.41) is 13.1. The summed E-state index contributed by atoms with van der Waals surface area (Å²) in [5.74, 6) is -1.68. The number of nitrogens with zero attached hydrogens (tertiary/aromatic N) is 1. The van der Waals surface area contributed by atoms with E-state index in [4.69, 9.17) is 4.74 Å². The molecule has 18 heavy (non-hydrogen) atoms. The summed E-state index contributed by atoms with van der Waals surface area (Å²) in [5.41, 5.74) is -0.769. The van der Waals surface area contributed by atoms with Crippen LogP contribution in [0.15, 0.2) is 12.1 Å². The zero-order valence-electron chi connectivity index (χ0n) is 9.60. The van der Waals surface area contributed by atoms with Crippen LogP contribution in [0.25, 0.3) is 0 Å². The van der Waals surface area contributed by atoms with E-state index in [-0.39, 0.29) is 17.4 Å². The third-order valence-electron chi connectivity index (χ3n) is 2.54. The lowest BCUT2D eigenvalue weighted by molar-refractivity contribution is -0.386. The highest BCUT2D eigenvalue weighted by Crippen LogP contribution is 2.35. The summed E-state index contributed by atoms with van der Waals surface area (Å²) in [6, 6.07) is 1.78. The molecule has 1 amide bonds. The maximum atomic E-state index is 13.6. The molecule has 1 aromatic rings. The van der Waals surface area contributed by atoms with Gasteiger partial charge in [0.2, 0.25) is 0 Å². The van der Waals surface area contributed by atoms with Crippen LogP contribution < -0.4 is 10.1 Å². The van der Waals surface area contributed by atoms with E-state index in [1.165, 1.54) is 7.05 Å². The van der Waals surface area contributed by atoms with Crippen LogP contribution in [0.3, 0.4) is 0 Å². The summed E-state index contributed by atoms with van der Waals surface area (Å²) in [7, 11) is 1.32. The van der Waals surface area contributed by atoms with E-state index in [1.807, 2.05) is 0 Å². The SMILES string of the molecule is CNC(=O)c1cc([N+](=O)[O-])c(OC2CC2)cc1F. The molecular weight excluding hydrogens is 243 g/mol. The lowest BCUT2D eigenvalue weighted by atomic mass is 10.1. The van der Waals surface area contributed by atoms with Gasteiger partial charge in [0.15, 0.2) is 5.75 Å². The number of rotatable bonds is 4. The van der Waals surface area contributed by atoms with E-state index in [1.54, 1.807) is 0 Å². The van der Waals surface area contributed by atoms with Gasteiger partial charge in [0, 0.05) is 19.2 Å². The average Bonchev–Trinajstić information content (AvgIpc) is 3.11. The lowest BCUT2D eigenvalue weighted by Gasteiger charge is -2.08. The molecule has 1 aromatic carbocycles. The van der Waals surface area contributed by atoms with Crippen molar-refractivity contribution >= 4 is 11.6 Å². The fraction of sp³-hybridized carbons (Fsp3) is 0.364. The molecule has 1 saturated carbocycles. The van der Waals surface area contributed by atoms with Crippen LogP contribution in [0.4, 0.5) is 10.1 Å². The van der Waals surface area contributed by atoms with E-state index in [9.17, 15) is 19.3 Å². The van der Waals surface area contributed by atoms with Crippen molar-refractivity contribution in [3.63, 3.8) is 0 Å². The van der Waals surface area contributed by atoms with Gasteiger partial charge in [-0.25, -0.2) is 4.39 Å². The molecule has 1 fully saturated rings. The maximum absolute atomic E-state index is 13.6. The van der Waals surface area contributed by atoms with E-state index < -0.39 is 22.3 Å². The zero-order valence-corrected chi connectivity index (χ0v) is 9.60. The Morgan fingerprint density at radius 1 is 1.56 bits per heavy atom. The molecule has 1 aliphatic rings. The summed E-state index contributed by atoms with van der Waals surface area (Å²) in [4.78, 5) is 21.5. The molecule has 0 unspecified atom stereocenters. The molecule has 96 valence electrons. The number of amides is 1. The normalized spacial score (nSPS) is 14.1. The quantitative estimate of drug-likeness (QED) is 0.654. The predicted molar refractivity (Wildman–Crippen MR) is 60.1 cm³/mol. The first-order valence-corrected chi connectivity index (χ1v) is 5.39. The topological polar surface area (TPSA) is 81.5 Å². The smallest absolute Gasteiger partial charge is 0.311 e. The van der Waals surface area contributed by atoms with Crippen molar-refractivity contribution in [2.24, 2.45) is 0 Å². The number of carbonyl (C=O) groups excluding carboxylic acids is 1. The Labute approximate surface area is 102 Å². The molecular formula is C11H11FN2O4. The van der Waals surface area contributed by atoms with Crippen LogP contribution in [0.5, 0.6) is 5.75 Å². The number of nitro groups is 1. The predicted octanol–water partition coefficient (Wildman–Crippen LogP) is 1.63. The molecule has 0 radical (unpaired) electrons. The molecule has 0 heterocycles. The largest absolute Gasteiger partial charge is 0.483 e. The molecule has 6 nitrogen and oxygen atoms in total. The highest BCUT2D eigenvalue weighted by atomic mass is 19.1.